The summed E-state index contributed by atoms with van der Waals surface area (Å²) in [5.74, 6) is 0.0684. The van der Waals surface area contributed by atoms with Crippen LogP contribution in [-0.4, -0.2) is 30.9 Å². The summed E-state index contributed by atoms with van der Waals surface area (Å²) < 4.78 is 0. The summed E-state index contributed by atoms with van der Waals surface area (Å²) in [6.45, 7) is 3.88. The van der Waals surface area contributed by atoms with Crippen molar-refractivity contribution in [3.63, 3.8) is 0 Å². The Labute approximate surface area is 108 Å². The van der Waals surface area contributed by atoms with Gasteiger partial charge in [0.05, 0.1) is 6.04 Å². The smallest absolute Gasteiger partial charge is 0.238 e. The maximum atomic E-state index is 11.7. The molecule has 17 heavy (non-hydrogen) atoms. The van der Waals surface area contributed by atoms with Crippen molar-refractivity contribution >= 4 is 17.5 Å². The van der Waals surface area contributed by atoms with E-state index in [0.717, 1.165) is 5.56 Å². The quantitative estimate of drug-likeness (QED) is 0.895. The normalized spacial score (nSPS) is 14.2. The number of nitrogens with one attached hydrogen (secondary N) is 1. The number of benzene rings is 1. The fourth-order valence-electron chi connectivity index (χ4n) is 1.71. The SMILES string of the molecule is CC(N[C@@H](C)c1cccc(Cl)c1)C(=O)N(C)C. The van der Waals surface area contributed by atoms with Crippen molar-refractivity contribution < 1.29 is 4.79 Å². The predicted octanol–water partition coefficient (Wildman–Crippen LogP) is 2.47. The van der Waals surface area contributed by atoms with Gasteiger partial charge in [-0.25, -0.2) is 0 Å². The largest absolute Gasteiger partial charge is 0.347 e. The first kappa shape index (κ1) is 14.0. The van der Waals surface area contributed by atoms with Crippen LogP contribution < -0.4 is 5.32 Å². The van der Waals surface area contributed by atoms with E-state index < -0.39 is 0 Å². The minimum Gasteiger partial charge on any atom is -0.347 e. The molecule has 1 aromatic rings. The van der Waals surface area contributed by atoms with Gasteiger partial charge in [0, 0.05) is 25.2 Å². The van der Waals surface area contributed by atoms with E-state index >= 15 is 0 Å². The van der Waals surface area contributed by atoms with Gasteiger partial charge in [0.15, 0.2) is 0 Å². The van der Waals surface area contributed by atoms with Crippen LogP contribution in [0, 0.1) is 0 Å². The van der Waals surface area contributed by atoms with E-state index in [4.69, 9.17) is 11.6 Å². The van der Waals surface area contributed by atoms with E-state index in [1.165, 1.54) is 0 Å². The lowest BCUT2D eigenvalue weighted by atomic mass is 10.1. The number of nitrogens with zero attached hydrogens (tertiary/aromatic N) is 1. The first-order chi connectivity index (χ1) is 7.91. The van der Waals surface area contributed by atoms with E-state index in [1.807, 2.05) is 38.1 Å². The number of carbonyl (C=O) groups is 1. The standard InChI is InChI=1S/C13H19ClN2O/c1-9(11-6-5-7-12(14)8-11)15-10(2)13(17)16(3)4/h5-10,15H,1-4H3/t9-,10?/m0/s1. The second-order valence-electron chi connectivity index (χ2n) is 4.40. The number of halogens is 1. The molecule has 0 saturated heterocycles. The van der Waals surface area contributed by atoms with Gasteiger partial charge in [-0.3, -0.25) is 10.1 Å². The first-order valence-electron chi connectivity index (χ1n) is 5.64. The minimum atomic E-state index is -0.209. The van der Waals surface area contributed by atoms with Gasteiger partial charge in [-0.15, -0.1) is 0 Å². The molecular formula is C13H19ClN2O. The summed E-state index contributed by atoms with van der Waals surface area (Å²) in [7, 11) is 3.51. The van der Waals surface area contributed by atoms with Gasteiger partial charge in [-0.05, 0) is 31.5 Å². The molecule has 0 aliphatic rings. The van der Waals surface area contributed by atoms with Crippen molar-refractivity contribution in [2.45, 2.75) is 25.9 Å². The summed E-state index contributed by atoms with van der Waals surface area (Å²) in [6.07, 6.45) is 0. The first-order valence-corrected chi connectivity index (χ1v) is 6.02. The van der Waals surface area contributed by atoms with Gasteiger partial charge < -0.3 is 4.90 Å². The third kappa shape index (κ3) is 4.02. The van der Waals surface area contributed by atoms with Crippen LogP contribution in [0.4, 0.5) is 0 Å². The Morgan fingerprint density at radius 2 is 2.00 bits per heavy atom. The number of carbonyl (C=O) groups excluding carboxylic acids is 1. The van der Waals surface area contributed by atoms with Crippen molar-refractivity contribution in [1.82, 2.24) is 10.2 Å². The molecule has 0 radical (unpaired) electrons. The number of likely N-dealkylation sites (N-methyl/N-ethyl adjacent to an activating group) is 1. The Kier molecular flexibility index (Phi) is 4.97. The molecule has 0 aromatic heterocycles. The minimum absolute atomic E-state index is 0.0684. The van der Waals surface area contributed by atoms with Crippen LogP contribution in [0.15, 0.2) is 24.3 Å². The molecule has 0 heterocycles. The maximum absolute atomic E-state index is 11.7. The molecule has 0 saturated carbocycles. The second kappa shape index (κ2) is 6.03. The fourth-order valence-corrected chi connectivity index (χ4v) is 1.90. The maximum Gasteiger partial charge on any atom is 0.238 e. The summed E-state index contributed by atoms with van der Waals surface area (Å²) in [4.78, 5) is 13.3. The number of rotatable bonds is 4. The summed E-state index contributed by atoms with van der Waals surface area (Å²) in [6, 6.07) is 7.54. The Bertz CT molecular complexity index is 393. The van der Waals surface area contributed by atoms with Gasteiger partial charge in [0.2, 0.25) is 5.91 Å². The van der Waals surface area contributed by atoms with Crippen LogP contribution in [-0.2, 0) is 4.79 Å². The average molecular weight is 255 g/mol. The molecule has 1 amide bonds. The zero-order valence-corrected chi connectivity index (χ0v) is 11.5. The molecule has 1 N–H and O–H groups in total. The van der Waals surface area contributed by atoms with Crippen molar-refractivity contribution in [3.05, 3.63) is 34.9 Å². The van der Waals surface area contributed by atoms with Crippen molar-refractivity contribution in [2.75, 3.05) is 14.1 Å². The van der Waals surface area contributed by atoms with E-state index in [0.29, 0.717) is 5.02 Å². The number of amides is 1. The van der Waals surface area contributed by atoms with Crippen LogP contribution in [0.5, 0.6) is 0 Å². The Hall–Kier alpha value is -1.06. The molecular weight excluding hydrogens is 236 g/mol. The van der Waals surface area contributed by atoms with Gasteiger partial charge in [0.1, 0.15) is 0 Å². The summed E-state index contributed by atoms with van der Waals surface area (Å²) >= 11 is 5.94. The molecule has 94 valence electrons. The highest BCUT2D eigenvalue weighted by molar-refractivity contribution is 6.30. The highest BCUT2D eigenvalue weighted by Crippen LogP contribution is 2.17. The van der Waals surface area contributed by atoms with Crippen molar-refractivity contribution in [3.8, 4) is 0 Å². The average Bonchev–Trinajstić information content (AvgIpc) is 2.27. The third-order valence-corrected chi connectivity index (χ3v) is 2.89. The zero-order valence-electron chi connectivity index (χ0n) is 10.7. The van der Waals surface area contributed by atoms with Crippen molar-refractivity contribution in [1.29, 1.82) is 0 Å². The topological polar surface area (TPSA) is 32.3 Å². The van der Waals surface area contributed by atoms with Gasteiger partial charge in [-0.2, -0.15) is 0 Å². The zero-order chi connectivity index (χ0) is 13.0. The fraction of sp³-hybridized carbons (Fsp3) is 0.462. The molecule has 0 aliphatic carbocycles. The Morgan fingerprint density at radius 1 is 1.35 bits per heavy atom. The van der Waals surface area contributed by atoms with Crippen LogP contribution in [0.2, 0.25) is 5.02 Å². The molecule has 2 atom stereocenters. The second-order valence-corrected chi connectivity index (χ2v) is 4.83. The molecule has 1 aromatic carbocycles. The molecule has 4 heteroatoms. The number of hydrogen-bond acceptors (Lipinski definition) is 2. The molecule has 0 fully saturated rings. The Morgan fingerprint density at radius 3 is 2.53 bits per heavy atom. The van der Waals surface area contributed by atoms with E-state index in [1.54, 1.807) is 19.0 Å². The van der Waals surface area contributed by atoms with Gasteiger partial charge in [-0.1, -0.05) is 23.7 Å². The lowest BCUT2D eigenvalue weighted by molar-refractivity contribution is -0.130. The van der Waals surface area contributed by atoms with Crippen molar-refractivity contribution in [2.24, 2.45) is 0 Å². The van der Waals surface area contributed by atoms with Crippen LogP contribution in [0.3, 0.4) is 0 Å². The Balaban J connectivity index is 2.66. The molecule has 0 aliphatic heterocycles. The van der Waals surface area contributed by atoms with E-state index in [9.17, 15) is 4.79 Å². The third-order valence-electron chi connectivity index (χ3n) is 2.66. The highest BCUT2D eigenvalue weighted by atomic mass is 35.5. The summed E-state index contributed by atoms with van der Waals surface area (Å²) in [5, 5.41) is 3.97. The van der Waals surface area contributed by atoms with Gasteiger partial charge >= 0.3 is 0 Å². The number of hydrogen-bond donors (Lipinski definition) is 1. The molecule has 1 unspecified atom stereocenters. The summed E-state index contributed by atoms with van der Waals surface area (Å²) in [5.41, 5.74) is 1.08. The van der Waals surface area contributed by atoms with E-state index in [2.05, 4.69) is 5.32 Å². The molecule has 0 spiro atoms. The lowest BCUT2D eigenvalue weighted by Gasteiger charge is -2.22. The predicted molar refractivity (Wildman–Crippen MR) is 71.2 cm³/mol. The van der Waals surface area contributed by atoms with Crippen LogP contribution in [0.25, 0.3) is 0 Å². The molecule has 1 rings (SSSR count). The lowest BCUT2D eigenvalue weighted by Crippen LogP contribution is -2.42. The van der Waals surface area contributed by atoms with Crippen LogP contribution >= 0.6 is 11.6 Å². The molecule has 3 nitrogen and oxygen atoms in total. The van der Waals surface area contributed by atoms with E-state index in [-0.39, 0.29) is 18.0 Å². The highest BCUT2D eigenvalue weighted by Gasteiger charge is 2.17. The monoisotopic (exact) mass is 254 g/mol. The van der Waals surface area contributed by atoms with Crippen LogP contribution in [0.1, 0.15) is 25.5 Å². The van der Waals surface area contributed by atoms with Gasteiger partial charge in [0.25, 0.3) is 0 Å². The molecule has 0 bridgehead atoms.